The van der Waals surface area contributed by atoms with Crippen molar-refractivity contribution in [2.75, 3.05) is 7.11 Å². The van der Waals surface area contributed by atoms with E-state index < -0.39 is 0 Å². The van der Waals surface area contributed by atoms with Crippen LogP contribution in [-0.2, 0) is 9.47 Å². The van der Waals surface area contributed by atoms with Crippen LogP contribution in [0.5, 0.6) is 0 Å². The Morgan fingerprint density at radius 3 is 2.95 bits per heavy atom. The minimum atomic E-state index is -0.348. The Hall–Kier alpha value is -2.28. The second kappa shape index (κ2) is 6.01. The molecule has 1 saturated carbocycles. The molecule has 1 fully saturated rings. The zero-order chi connectivity index (χ0) is 14.7. The van der Waals surface area contributed by atoms with Crippen molar-refractivity contribution in [3.63, 3.8) is 0 Å². The lowest BCUT2D eigenvalue weighted by molar-refractivity contribution is -0.0206. The number of tetrazole rings is 1. The van der Waals surface area contributed by atoms with Gasteiger partial charge in [0.2, 0.25) is 0 Å². The predicted octanol–water partition coefficient (Wildman–Crippen LogP) is 1.39. The first-order chi connectivity index (χ1) is 10.3. The first-order valence-electron chi connectivity index (χ1n) is 6.85. The van der Waals surface area contributed by atoms with Crippen molar-refractivity contribution < 1.29 is 14.3 Å². The van der Waals surface area contributed by atoms with Crippen molar-refractivity contribution in [3.8, 4) is 5.69 Å². The molecular weight excluding hydrogens is 272 g/mol. The number of methoxy groups -OCH3 is 1. The van der Waals surface area contributed by atoms with E-state index in [-0.39, 0.29) is 18.2 Å². The van der Waals surface area contributed by atoms with Gasteiger partial charge < -0.3 is 9.47 Å². The number of benzene rings is 1. The van der Waals surface area contributed by atoms with Crippen LogP contribution in [0.25, 0.3) is 5.69 Å². The molecule has 0 bridgehead atoms. The summed E-state index contributed by atoms with van der Waals surface area (Å²) < 4.78 is 12.4. The van der Waals surface area contributed by atoms with Gasteiger partial charge >= 0.3 is 5.97 Å². The van der Waals surface area contributed by atoms with Crippen LogP contribution in [0, 0.1) is 0 Å². The number of hydrogen-bond acceptors (Lipinski definition) is 6. The standard InChI is InChI=1S/C14H16N4O3/c1-20-12-6-3-7-13(12)21-14(19)10-4-2-5-11(8-10)18-9-15-16-17-18/h2,4-5,8-9,12-13H,3,6-7H2,1H3/t12-,13-/m1/s1. The molecule has 0 radical (unpaired) electrons. The summed E-state index contributed by atoms with van der Waals surface area (Å²) in [7, 11) is 1.65. The van der Waals surface area contributed by atoms with Gasteiger partial charge in [-0.15, -0.1) is 5.10 Å². The molecule has 110 valence electrons. The second-order valence-corrected chi connectivity index (χ2v) is 4.95. The van der Waals surface area contributed by atoms with Crippen LogP contribution in [0.4, 0.5) is 0 Å². The maximum atomic E-state index is 12.2. The Morgan fingerprint density at radius 2 is 2.19 bits per heavy atom. The summed E-state index contributed by atoms with van der Waals surface area (Å²) in [6.07, 6.45) is 4.09. The highest BCUT2D eigenvalue weighted by Crippen LogP contribution is 2.25. The minimum Gasteiger partial charge on any atom is -0.456 e. The average molecular weight is 288 g/mol. The molecule has 0 aliphatic heterocycles. The molecule has 7 nitrogen and oxygen atoms in total. The van der Waals surface area contributed by atoms with Gasteiger partial charge in [0, 0.05) is 7.11 Å². The van der Waals surface area contributed by atoms with Gasteiger partial charge in [-0.2, -0.15) is 0 Å². The van der Waals surface area contributed by atoms with E-state index in [9.17, 15) is 4.79 Å². The summed E-state index contributed by atoms with van der Waals surface area (Å²) in [4.78, 5) is 12.2. The Balaban J connectivity index is 1.74. The van der Waals surface area contributed by atoms with Gasteiger partial charge in [0.25, 0.3) is 0 Å². The van der Waals surface area contributed by atoms with Gasteiger partial charge in [-0.05, 0) is 47.9 Å². The number of rotatable bonds is 4. The van der Waals surface area contributed by atoms with E-state index in [1.807, 2.05) is 6.07 Å². The molecule has 2 atom stereocenters. The highest BCUT2D eigenvalue weighted by atomic mass is 16.6. The summed E-state index contributed by atoms with van der Waals surface area (Å²) in [6, 6.07) is 7.01. The highest BCUT2D eigenvalue weighted by Gasteiger charge is 2.30. The predicted molar refractivity (Wildman–Crippen MR) is 73.0 cm³/mol. The van der Waals surface area contributed by atoms with Crippen molar-refractivity contribution in [2.45, 2.75) is 31.5 Å². The maximum absolute atomic E-state index is 12.2. The Bertz CT molecular complexity index is 614. The van der Waals surface area contributed by atoms with Crippen LogP contribution in [0.15, 0.2) is 30.6 Å². The van der Waals surface area contributed by atoms with E-state index in [1.54, 1.807) is 25.3 Å². The number of carbonyl (C=O) groups excluding carboxylic acids is 1. The molecule has 21 heavy (non-hydrogen) atoms. The molecule has 1 aromatic heterocycles. The van der Waals surface area contributed by atoms with Crippen LogP contribution < -0.4 is 0 Å². The molecule has 7 heteroatoms. The summed E-state index contributed by atoms with van der Waals surface area (Å²) in [5.41, 5.74) is 1.19. The van der Waals surface area contributed by atoms with E-state index in [1.165, 1.54) is 11.0 Å². The lowest BCUT2D eigenvalue weighted by Crippen LogP contribution is -2.27. The van der Waals surface area contributed by atoms with Gasteiger partial charge in [0.05, 0.1) is 17.4 Å². The van der Waals surface area contributed by atoms with Gasteiger partial charge in [0.15, 0.2) is 0 Å². The molecule has 1 aliphatic carbocycles. The highest BCUT2D eigenvalue weighted by molar-refractivity contribution is 5.90. The van der Waals surface area contributed by atoms with Crippen LogP contribution in [0.1, 0.15) is 29.6 Å². The Labute approximate surface area is 121 Å². The zero-order valence-corrected chi connectivity index (χ0v) is 11.7. The second-order valence-electron chi connectivity index (χ2n) is 4.95. The van der Waals surface area contributed by atoms with Crippen molar-refractivity contribution in [3.05, 3.63) is 36.2 Å². The van der Waals surface area contributed by atoms with Crippen LogP contribution in [-0.4, -0.2) is 45.5 Å². The van der Waals surface area contributed by atoms with Crippen molar-refractivity contribution >= 4 is 5.97 Å². The number of aromatic nitrogens is 4. The third-order valence-electron chi connectivity index (χ3n) is 3.65. The summed E-state index contributed by atoms with van der Waals surface area (Å²) in [5.74, 6) is -0.348. The lowest BCUT2D eigenvalue weighted by atomic mass is 10.2. The number of ether oxygens (including phenoxy) is 2. The lowest BCUT2D eigenvalue weighted by Gasteiger charge is -2.18. The number of hydrogen-bond donors (Lipinski definition) is 0. The van der Waals surface area contributed by atoms with Crippen molar-refractivity contribution in [1.82, 2.24) is 20.2 Å². The molecule has 0 saturated heterocycles. The van der Waals surface area contributed by atoms with E-state index in [4.69, 9.17) is 9.47 Å². The van der Waals surface area contributed by atoms with Gasteiger partial charge in [-0.25, -0.2) is 9.48 Å². The molecular formula is C14H16N4O3. The van der Waals surface area contributed by atoms with Crippen LogP contribution >= 0.6 is 0 Å². The zero-order valence-electron chi connectivity index (χ0n) is 11.7. The monoisotopic (exact) mass is 288 g/mol. The van der Waals surface area contributed by atoms with Crippen LogP contribution in [0.3, 0.4) is 0 Å². The molecule has 0 unspecified atom stereocenters. The molecule has 0 spiro atoms. The molecule has 1 aromatic carbocycles. The molecule has 1 heterocycles. The maximum Gasteiger partial charge on any atom is 0.338 e. The summed E-state index contributed by atoms with van der Waals surface area (Å²) in [5, 5.41) is 11.0. The van der Waals surface area contributed by atoms with E-state index in [2.05, 4.69) is 15.5 Å². The van der Waals surface area contributed by atoms with Crippen molar-refractivity contribution in [2.24, 2.45) is 0 Å². The van der Waals surface area contributed by atoms with Gasteiger partial charge in [0.1, 0.15) is 12.4 Å². The van der Waals surface area contributed by atoms with E-state index >= 15 is 0 Å². The molecule has 3 rings (SSSR count). The van der Waals surface area contributed by atoms with Crippen LogP contribution in [0.2, 0.25) is 0 Å². The fourth-order valence-corrected chi connectivity index (χ4v) is 2.56. The third kappa shape index (κ3) is 2.92. The summed E-state index contributed by atoms with van der Waals surface area (Å²) >= 11 is 0. The minimum absolute atomic E-state index is 0.00310. The van der Waals surface area contributed by atoms with E-state index in [0.29, 0.717) is 11.3 Å². The van der Waals surface area contributed by atoms with E-state index in [0.717, 1.165) is 19.3 Å². The first kappa shape index (κ1) is 13.7. The van der Waals surface area contributed by atoms with Crippen molar-refractivity contribution in [1.29, 1.82) is 0 Å². The third-order valence-corrected chi connectivity index (χ3v) is 3.65. The molecule has 0 amide bonds. The fourth-order valence-electron chi connectivity index (χ4n) is 2.56. The number of carbonyl (C=O) groups is 1. The van der Waals surface area contributed by atoms with Gasteiger partial charge in [-0.3, -0.25) is 0 Å². The SMILES string of the molecule is CO[C@@H]1CCC[C@H]1OC(=O)c1cccc(-n2cnnn2)c1. The first-order valence-corrected chi connectivity index (χ1v) is 6.85. The smallest absolute Gasteiger partial charge is 0.338 e. The molecule has 0 N–H and O–H groups in total. The Morgan fingerprint density at radius 1 is 1.33 bits per heavy atom. The fraction of sp³-hybridized carbons (Fsp3) is 0.429. The normalized spacial score (nSPS) is 21.4. The van der Waals surface area contributed by atoms with Gasteiger partial charge in [-0.1, -0.05) is 6.07 Å². The summed E-state index contributed by atoms with van der Waals surface area (Å²) in [6.45, 7) is 0. The topological polar surface area (TPSA) is 79.1 Å². The average Bonchev–Trinajstić information content (AvgIpc) is 3.18. The molecule has 1 aliphatic rings. The quantitative estimate of drug-likeness (QED) is 0.791. The number of esters is 1. The Kier molecular flexibility index (Phi) is 3.92. The molecule has 2 aromatic rings. The number of nitrogens with zero attached hydrogens (tertiary/aromatic N) is 4. The largest absolute Gasteiger partial charge is 0.456 e.